The van der Waals surface area contributed by atoms with Gasteiger partial charge in [0, 0.05) is 11.6 Å². The number of carbonyl (C=O) groups is 1. The zero-order valence-electron chi connectivity index (χ0n) is 9.21. The molecule has 1 amide bonds. The number of amides is 1. The Morgan fingerprint density at radius 1 is 1.50 bits per heavy atom. The predicted octanol–water partition coefficient (Wildman–Crippen LogP) is 1.71. The van der Waals surface area contributed by atoms with Crippen molar-refractivity contribution in [1.82, 2.24) is 5.32 Å². The maximum absolute atomic E-state index is 10.9. The van der Waals surface area contributed by atoms with E-state index in [0.29, 0.717) is 11.6 Å². The fraction of sp³-hybridized carbons (Fsp3) is 0.545. The normalized spacial score (nSPS) is 12.4. The Bertz CT molecular complexity index is 229. The molecule has 14 heavy (non-hydrogen) atoms. The molecule has 0 saturated carbocycles. The van der Waals surface area contributed by atoms with Crippen molar-refractivity contribution in [2.45, 2.75) is 39.7 Å². The largest absolute Gasteiger partial charge is 0.389 e. The van der Waals surface area contributed by atoms with Gasteiger partial charge in [-0.15, -0.1) is 0 Å². The van der Waals surface area contributed by atoms with Crippen LogP contribution in [0.25, 0.3) is 0 Å². The van der Waals surface area contributed by atoms with E-state index in [0.717, 1.165) is 12.8 Å². The molecule has 0 aromatic carbocycles. The van der Waals surface area contributed by atoms with E-state index < -0.39 is 0 Å². The Morgan fingerprint density at radius 2 is 2.14 bits per heavy atom. The highest BCUT2D eigenvalue weighted by molar-refractivity contribution is 5.92. The van der Waals surface area contributed by atoms with Crippen LogP contribution in [0.3, 0.4) is 0 Å². The number of nitrogens with two attached hydrogens (primary N) is 1. The highest BCUT2D eigenvalue weighted by atomic mass is 16.1. The van der Waals surface area contributed by atoms with E-state index in [2.05, 4.69) is 19.2 Å². The van der Waals surface area contributed by atoms with Gasteiger partial charge in [-0.2, -0.15) is 0 Å². The quantitative estimate of drug-likeness (QED) is 0.502. The molecule has 0 atom stereocenters. The minimum atomic E-state index is -0.332. The first-order valence-electron chi connectivity index (χ1n) is 4.99. The van der Waals surface area contributed by atoms with Crippen molar-refractivity contribution in [3.8, 4) is 0 Å². The lowest BCUT2D eigenvalue weighted by Crippen LogP contribution is -2.15. The third-order valence-corrected chi connectivity index (χ3v) is 1.66. The Morgan fingerprint density at radius 3 is 2.57 bits per heavy atom. The van der Waals surface area contributed by atoms with Crippen molar-refractivity contribution >= 4 is 5.91 Å². The molecule has 0 aromatic rings. The van der Waals surface area contributed by atoms with Crippen LogP contribution in [0.4, 0.5) is 0 Å². The molecule has 0 saturated heterocycles. The minimum Gasteiger partial charge on any atom is -0.389 e. The molecule has 0 rings (SSSR count). The smallest absolute Gasteiger partial charge is 0.244 e. The molecule has 0 aliphatic carbocycles. The van der Waals surface area contributed by atoms with Crippen molar-refractivity contribution in [1.29, 1.82) is 0 Å². The molecule has 3 nitrogen and oxygen atoms in total. The Labute approximate surface area is 86.1 Å². The summed E-state index contributed by atoms with van der Waals surface area (Å²) in [5.41, 5.74) is 5.88. The third kappa shape index (κ3) is 6.29. The topological polar surface area (TPSA) is 55.1 Å². The van der Waals surface area contributed by atoms with E-state index in [1.54, 1.807) is 6.08 Å². The van der Waals surface area contributed by atoms with Crippen LogP contribution in [0, 0.1) is 0 Å². The Hall–Kier alpha value is -1.25. The van der Waals surface area contributed by atoms with E-state index >= 15 is 0 Å². The van der Waals surface area contributed by atoms with Crippen molar-refractivity contribution in [3.63, 3.8) is 0 Å². The fourth-order valence-corrected chi connectivity index (χ4v) is 0.970. The molecule has 0 radical (unpaired) electrons. The number of rotatable bonds is 6. The van der Waals surface area contributed by atoms with E-state index in [-0.39, 0.29) is 5.91 Å². The fourth-order valence-electron chi connectivity index (χ4n) is 0.970. The van der Waals surface area contributed by atoms with Crippen molar-refractivity contribution < 1.29 is 4.79 Å². The molecule has 80 valence electrons. The highest BCUT2D eigenvalue weighted by Gasteiger charge is 2.00. The first kappa shape index (κ1) is 12.8. The second-order valence-electron chi connectivity index (χ2n) is 3.49. The zero-order valence-corrected chi connectivity index (χ0v) is 9.21. The number of hydrogen-bond donors (Lipinski definition) is 2. The van der Waals surface area contributed by atoms with Gasteiger partial charge in [0.15, 0.2) is 0 Å². The van der Waals surface area contributed by atoms with Gasteiger partial charge in [-0.05, 0) is 32.5 Å². The summed E-state index contributed by atoms with van der Waals surface area (Å²) >= 11 is 0. The summed E-state index contributed by atoms with van der Waals surface area (Å²) in [6.45, 7) is 6.12. The summed E-state index contributed by atoms with van der Waals surface area (Å²) in [6, 6.07) is 0.405. The number of nitrogens with one attached hydrogen (secondary N) is 1. The lowest BCUT2D eigenvalue weighted by molar-refractivity contribution is -0.114. The summed E-state index contributed by atoms with van der Waals surface area (Å²) in [6.07, 6.45) is 7.07. The van der Waals surface area contributed by atoms with Gasteiger partial charge in [0.05, 0.1) is 0 Å². The van der Waals surface area contributed by atoms with Gasteiger partial charge in [0.1, 0.15) is 0 Å². The molecule has 0 bridgehead atoms. The van der Waals surface area contributed by atoms with Crippen molar-refractivity contribution in [2.75, 3.05) is 0 Å². The minimum absolute atomic E-state index is 0.332. The second-order valence-corrected chi connectivity index (χ2v) is 3.49. The molecule has 0 fully saturated rings. The number of hydrogen-bond acceptors (Lipinski definition) is 2. The summed E-state index contributed by atoms with van der Waals surface area (Å²) in [7, 11) is 0. The van der Waals surface area contributed by atoms with Crippen LogP contribution in [-0.2, 0) is 4.79 Å². The average molecular weight is 196 g/mol. The Balaban J connectivity index is 4.15. The maximum atomic E-state index is 10.9. The predicted molar refractivity (Wildman–Crippen MR) is 59.6 cm³/mol. The molecule has 0 heterocycles. The molecular formula is C11H20N2O. The van der Waals surface area contributed by atoms with Gasteiger partial charge >= 0.3 is 0 Å². The van der Waals surface area contributed by atoms with E-state index in [1.165, 1.54) is 0 Å². The molecule has 0 aliphatic heterocycles. The van der Waals surface area contributed by atoms with Gasteiger partial charge < -0.3 is 11.1 Å². The van der Waals surface area contributed by atoms with Gasteiger partial charge in [0.25, 0.3) is 0 Å². The summed E-state index contributed by atoms with van der Waals surface area (Å²) in [5.74, 6) is -0.332. The van der Waals surface area contributed by atoms with Gasteiger partial charge in [0.2, 0.25) is 5.91 Å². The van der Waals surface area contributed by atoms with Crippen LogP contribution in [0.2, 0.25) is 0 Å². The van der Waals surface area contributed by atoms with Crippen molar-refractivity contribution in [2.24, 2.45) is 5.73 Å². The average Bonchev–Trinajstić information content (AvgIpc) is 2.09. The lowest BCUT2D eigenvalue weighted by atomic mass is 10.1. The SMILES string of the molecule is CCC/C(=C\C=C/NC(C)C)C(N)=O. The van der Waals surface area contributed by atoms with Gasteiger partial charge in [-0.3, -0.25) is 4.79 Å². The number of primary amides is 1. The van der Waals surface area contributed by atoms with Crippen LogP contribution in [0.1, 0.15) is 33.6 Å². The second kappa shape index (κ2) is 7.18. The first-order chi connectivity index (χ1) is 6.57. The van der Waals surface area contributed by atoms with E-state index in [1.807, 2.05) is 19.2 Å². The standard InChI is InChI=1S/C11H20N2O/c1-4-6-10(11(12)14)7-5-8-13-9(2)3/h5,7-9,13H,4,6H2,1-3H3,(H2,12,14)/b8-5-,10-7+. The lowest BCUT2D eigenvalue weighted by Gasteiger charge is -2.02. The van der Waals surface area contributed by atoms with Crippen LogP contribution >= 0.6 is 0 Å². The molecule has 0 aliphatic rings. The molecule has 0 unspecified atom stereocenters. The first-order valence-corrected chi connectivity index (χ1v) is 4.99. The van der Waals surface area contributed by atoms with Crippen LogP contribution in [0.15, 0.2) is 23.9 Å². The molecule has 0 spiro atoms. The molecule has 3 N–H and O–H groups in total. The molecular weight excluding hydrogens is 176 g/mol. The number of carbonyl (C=O) groups excluding carboxylic acids is 1. The van der Waals surface area contributed by atoms with Crippen LogP contribution in [-0.4, -0.2) is 11.9 Å². The van der Waals surface area contributed by atoms with E-state index in [4.69, 9.17) is 5.73 Å². The van der Waals surface area contributed by atoms with Gasteiger partial charge in [-0.1, -0.05) is 19.4 Å². The monoisotopic (exact) mass is 196 g/mol. The maximum Gasteiger partial charge on any atom is 0.244 e. The third-order valence-electron chi connectivity index (χ3n) is 1.66. The zero-order chi connectivity index (χ0) is 11.0. The van der Waals surface area contributed by atoms with Crippen LogP contribution < -0.4 is 11.1 Å². The van der Waals surface area contributed by atoms with Crippen LogP contribution in [0.5, 0.6) is 0 Å². The molecule has 0 aromatic heterocycles. The van der Waals surface area contributed by atoms with Gasteiger partial charge in [-0.25, -0.2) is 0 Å². The molecule has 3 heteroatoms. The van der Waals surface area contributed by atoms with Crippen molar-refractivity contribution in [3.05, 3.63) is 23.9 Å². The number of allylic oxidation sites excluding steroid dienone is 2. The van der Waals surface area contributed by atoms with E-state index in [9.17, 15) is 4.79 Å². The highest BCUT2D eigenvalue weighted by Crippen LogP contribution is 2.03. The summed E-state index contributed by atoms with van der Waals surface area (Å²) in [5, 5.41) is 3.10. The Kier molecular flexibility index (Phi) is 6.54. The summed E-state index contributed by atoms with van der Waals surface area (Å²) in [4.78, 5) is 10.9. The summed E-state index contributed by atoms with van der Waals surface area (Å²) < 4.78 is 0.